The Morgan fingerprint density at radius 2 is 1.32 bits per heavy atom. The van der Waals surface area contributed by atoms with Crippen molar-refractivity contribution in [2.75, 3.05) is 13.3 Å². The number of hydrogen-bond donors (Lipinski definition) is 0. The van der Waals surface area contributed by atoms with Gasteiger partial charge in [-0.1, -0.05) is 19.8 Å². The molecule has 6 heteroatoms. The quantitative estimate of drug-likeness (QED) is 0.275. The Balaban J connectivity index is 1.22. The highest BCUT2D eigenvalue weighted by Gasteiger charge is 2.44. The molecule has 3 saturated carbocycles. The van der Waals surface area contributed by atoms with Crippen LogP contribution in [0, 0.1) is 41.2 Å². The molecule has 1 aromatic carbocycles. The average Bonchev–Trinajstić information content (AvgIpc) is 2.89. The molecule has 0 spiro atoms. The topological polar surface area (TPSA) is 9.23 Å². The highest BCUT2D eigenvalue weighted by atomic mass is 19.3. The lowest BCUT2D eigenvalue weighted by atomic mass is 9.67. The van der Waals surface area contributed by atoms with E-state index in [1.807, 2.05) is 6.92 Å². The fraction of sp³-hybridized carbons (Fsp3) is 0.806. The van der Waals surface area contributed by atoms with Gasteiger partial charge in [-0.15, -0.1) is 0 Å². The van der Waals surface area contributed by atoms with Crippen LogP contribution in [0.25, 0.3) is 0 Å². The summed E-state index contributed by atoms with van der Waals surface area (Å²) in [6.07, 6.45) is 11.5. The predicted molar refractivity (Wildman–Crippen MR) is 138 cm³/mol. The van der Waals surface area contributed by atoms with Gasteiger partial charge in [0.2, 0.25) is 0 Å². The van der Waals surface area contributed by atoms with Crippen molar-refractivity contribution >= 4 is 0 Å². The van der Waals surface area contributed by atoms with Crippen LogP contribution >= 0.6 is 0 Å². The minimum atomic E-state index is -2.64. The second-order valence-corrected chi connectivity index (χ2v) is 12.2. The van der Waals surface area contributed by atoms with Crippen LogP contribution in [0.2, 0.25) is 0 Å². The summed E-state index contributed by atoms with van der Waals surface area (Å²) >= 11 is 0. The van der Waals surface area contributed by atoms with Gasteiger partial charge in [0.05, 0.1) is 13.3 Å². The number of hydrogen-bond acceptors (Lipinski definition) is 1. The predicted octanol–water partition coefficient (Wildman–Crippen LogP) is 10.0. The minimum Gasteiger partial charge on any atom is -0.488 e. The molecule has 0 radical (unpaired) electrons. The number of ether oxygens (including phenoxy) is 1. The summed E-state index contributed by atoms with van der Waals surface area (Å²) in [6.45, 7) is 1.91. The maximum absolute atomic E-state index is 15.3. The van der Waals surface area contributed by atoms with Gasteiger partial charge in [0.15, 0.2) is 17.4 Å². The summed E-state index contributed by atoms with van der Waals surface area (Å²) in [6, 6.07) is 2.72. The van der Waals surface area contributed by atoms with Crippen LogP contribution < -0.4 is 4.74 Å². The van der Waals surface area contributed by atoms with E-state index >= 15 is 8.78 Å². The molecule has 0 aromatic heterocycles. The summed E-state index contributed by atoms with van der Waals surface area (Å²) in [5, 5.41) is 0. The zero-order valence-corrected chi connectivity index (χ0v) is 22.4. The van der Waals surface area contributed by atoms with Gasteiger partial charge in [-0.3, -0.25) is 4.39 Å². The Morgan fingerprint density at radius 3 is 1.86 bits per heavy atom. The molecule has 0 amide bonds. The van der Waals surface area contributed by atoms with E-state index in [-0.39, 0.29) is 37.3 Å². The summed E-state index contributed by atoms with van der Waals surface area (Å²) < 4.78 is 77.3. The van der Waals surface area contributed by atoms with Gasteiger partial charge < -0.3 is 4.74 Å². The first kappa shape index (κ1) is 28.7. The number of rotatable bonds is 10. The largest absolute Gasteiger partial charge is 0.488 e. The lowest BCUT2D eigenvalue weighted by Gasteiger charge is -2.40. The van der Waals surface area contributed by atoms with Crippen LogP contribution in [0.3, 0.4) is 0 Å². The van der Waals surface area contributed by atoms with E-state index in [0.29, 0.717) is 74.7 Å². The maximum Gasteiger partial charge on any atom is 0.251 e. The van der Waals surface area contributed by atoms with Crippen molar-refractivity contribution in [1.82, 2.24) is 0 Å². The summed E-state index contributed by atoms with van der Waals surface area (Å²) in [5.41, 5.74) is 0.612. The third kappa shape index (κ3) is 7.41. The summed E-state index contributed by atoms with van der Waals surface area (Å²) in [5.74, 6) is -3.15. The van der Waals surface area contributed by atoms with Crippen molar-refractivity contribution < 1.29 is 26.7 Å². The first-order chi connectivity index (χ1) is 17.8. The molecule has 210 valence electrons. The van der Waals surface area contributed by atoms with E-state index in [0.717, 1.165) is 38.5 Å². The third-order valence-electron chi connectivity index (χ3n) is 9.79. The van der Waals surface area contributed by atoms with E-state index < -0.39 is 23.5 Å². The number of halogens is 5. The first-order valence-corrected chi connectivity index (χ1v) is 14.9. The number of alkyl halides is 3. The smallest absolute Gasteiger partial charge is 0.251 e. The van der Waals surface area contributed by atoms with Crippen molar-refractivity contribution in [3.63, 3.8) is 0 Å². The van der Waals surface area contributed by atoms with Crippen LogP contribution in [0.5, 0.6) is 5.75 Å². The molecule has 0 bridgehead atoms. The van der Waals surface area contributed by atoms with E-state index in [1.54, 1.807) is 0 Å². The molecular formula is C31H45F5O. The molecule has 0 unspecified atom stereocenters. The van der Waals surface area contributed by atoms with Crippen molar-refractivity contribution in [2.45, 2.75) is 115 Å². The van der Waals surface area contributed by atoms with E-state index in [4.69, 9.17) is 4.74 Å². The van der Waals surface area contributed by atoms with Gasteiger partial charge >= 0.3 is 0 Å². The molecule has 1 nitrogen and oxygen atoms in total. The van der Waals surface area contributed by atoms with E-state index in [2.05, 4.69) is 0 Å². The van der Waals surface area contributed by atoms with Crippen LogP contribution in [-0.4, -0.2) is 19.2 Å². The van der Waals surface area contributed by atoms with Gasteiger partial charge in [-0.2, -0.15) is 0 Å². The van der Waals surface area contributed by atoms with Crippen molar-refractivity contribution in [2.24, 2.45) is 29.6 Å². The van der Waals surface area contributed by atoms with Crippen LogP contribution in [-0.2, 0) is 0 Å². The van der Waals surface area contributed by atoms with E-state index in [1.165, 1.54) is 12.1 Å². The SMILES string of the molecule is CCCOc1c(F)cc(C2CCC(CC(F)(F)C3CCC(C4CCC(CCF)CC4)CC3)CC2)cc1F. The normalized spacial score (nSPS) is 31.3. The molecule has 1 aromatic rings. The summed E-state index contributed by atoms with van der Waals surface area (Å²) in [7, 11) is 0. The van der Waals surface area contributed by atoms with Gasteiger partial charge in [0, 0.05) is 12.3 Å². The molecule has 37 heavy (non-hydrogen) atoms. The molecule has 0 saturated heterocycles. The lowest BCUT2D eigenvalue weighted by molar-refractivity contribution is -0.0979. The molecule has 3 aliphatic rings. The number of benzene rings is 1. The molecule has 0 atom stereocenters. The van der Waals surface area contributed by atoms with Crippen molar-refractivity contribution in [3.8, 4) is 5.75 Å². The lowest BCUT2D eigenvalue weighted by Crippen LogP contribution is -2.36. The van der Waals surface area contributed by atoms with Gasteiger partial charge in [0.1, 0.15) is 0 Å². The zero-order valence-electron chi connectivity index (χ0n) is 22.4. The minimum absolute atomic E-state index is 0.00420. The van der Waals surface area contributed by atoms with Crippen LogP contribution in [0.15, 0.2) is 12.1 Å². The monoisotopic (exact) mass is 528 g/mol. The standard InChI is InChI=1S/C31H45F5O/c1-2-17-37-30-28(33)18-26(19-29(30)34)25-9-5-22(6-10-25)20-31(35,36)27-13-11-24(12-14-27)23-7-3-21(4-8-23)15-16-32/h18-19,21-25,27H,2-17,20H2,1H3. The highest BCUT2D eigenvalue weighted by Crippen LogP contribution is 2.49. The Bertz CT molecular complexity index is 811. The highest BCUT2D eigenvalue weighted by molar-refractivity contribution is 5.33. The van der Waals surface area contributed by atoms with Gasteiger partial charge in [-0.25, -0.2) is 17.6 Å². The average molecular weight is 529 g/mol. The van der Waals surface area contributed by atoms with E-state index in [9.17, 15) is 13.2 Å². The second-order valence-electron chi connectivity index (χ2n) is 12.2. The molecule has 3 fully saturated rings. The first-order valence-electron chi connectivity index (χ1n) is 14.9. The van der Waals surface area contributed by atoms with Crippen LogP contribution in [0.4, 0.5) is 22.0 Å². The molecule has 0 N–H and O–H groups in total. The Morgan fingerprint density at radius 1 is 0.784 bits per heavy atom. The van der Waals surface area contributed by atoms with Gasteiger partial charge in [0.25, 0.3) is 5.92 Å². The fourth-order valence-corrected chi connectivity index (χ4v) is 7.52. The Labute approximate surface area is 219 Å². The maximum atomic E-state index is 15.3. The van der Waals surface area contributed by atoms with Crippen LogP contribution in [0.1, 0.15) is 115 Å². The summed E-state index contributed by atoms with van der Waals surface area (Å²) in [4.78, 5) is 0. The Kier molecular flexibility index (Phi) is 10.2. The second kappa shape index (κ2) is 13.2. The molecule has 4 rings (SSSR count). The van der Waals surface area contributed by atoms with Crippen molar-refractivity contribution in [1.29, 1.82) is 0 Å². The molecular weight excluding hydrogens is 483 g/mol. The zero-order chi connectivity index (χ0) is 26.4. The fourth-order valence-electron chi connectivity index (χ4n) is 7.52. The third-order valence-corrected chi connectivity index (χ3v) is 9.79. The molecule has 0 heterocycles. The molecule has 3 aliphatic carbocycles. The van der Waals surface area contributed by atoms with Gasteiger partial charge in [-0.05, 0) is 124 Å². The molecule has 0 aliphatic heterocycles. The van der Waals surface area contributed by atoms with Crippen molar-refractivity contribution in [3.05, 3.63) is 29.3 Å². The Hall–Kier alpha value is -1.33.